The van der Waals surface area contributed by atoms with Gasteiger partial charge in [0, 0.05) is 19.1 Å². The van der Waals surface area contributed by atoms with Crippen molar-refractivity contribution >= 4 is 0 Å². The Balaban J connectivity index is 1.85. The Kier molecular flexibility index (Phi) is 5.21. The number of hydrogen-bond donors (Lipinski definition) is 1. The lowest BCUT2D eigenvalue weighted by molar-refractivity contribution is 0.285. The Morgan fingerprint density at radius 3 is 2.72 bits per heavy atom. The molecule has 0 spiro atoms. The predicted octanol–water partition coefficient (Wildman–Crippen LogP) is 2.86. The van der Waals surface area contributed by atoms with Crippen LogP contribution in [0.5, 0.6) is 0 Å². The summed E-state index contributed by atoms with van der Waals surface area (Å²) in [7, 11) is 0. The number of rotatable bonds is 6. The monoisotopic (exact) mass is 246 g/mol. The summed E-state index contributed by atoms with van der Waals surface area (Å²) in [5.74, 6) is 0.741. The molecule has 1 aliphatic heterocycles. The standard InChI is InChI=1S/C16H26N2/c1-3-16(17-4-2)13-18-11-10-15(12-18)14-8-6-5-7-9-14/h5-9,15-17H,3-4,10-13H2,1-2H3. The lowest BCUT2D eigenvalue weighted by Gasteiger charge is -2.23. The fraction of sp³-hybridized carbons (Fsp3) is 0.625. The van der Waals surface area contributed by atoms with E-state index in [1.807, 2.05) is 0 Å². The van der Waals surface area contributed by atoms with Gasteiger partial charge < -0.3 is 10.2 Å². The molecule has 1 N–H and O–H groups in total. The number of likely N-dealkylation sites (tertiary alicyclic amines) is 1. The van der Waals surface area contributed by atoms with Crippen LogP contribution in [0.1, 0.15) is 38.2 Å². The molecule has 0 aromatic heterocycles. The molecular weight excluding hydrogens is 220 g/mol. The Morgan fingerprint density at radius 1 is 1.28 bits per heavy atom. The minimum atomic E-state index is 0.657. The first kappa shape index (κ1) is 13.6. The van der Waals surface area contributed by atoms with Crippen molar-refractivity contribution in [1.82, 2.24) is 10.2 Å². The normalized spacial score (nSPS) is 22.2. The number of benzene rings is 1. The molecule has 1 aliphatic rings. The first-order valence-electron chi connectivity index (χ1n) is 7.34. The molecular formula is C16H26N2. The SMILES string of the molecule is CCNC(CC)CN1CCC(c2ccccc2)C1. The maximum atomic E-state index is 3.57. The third-order valence-electron chi connectivity index (χ3n) is 4.01. The van der Waals surface area contributed by atoms with Gasteiger partial charge in [0.05, 0.1) is 0 Å². The minimum Gasteiger partial charge on any atom is -0.313 e. The summed E-state index contributed by atoms with van der Waals surface area (Å²) in [4.78, 5) is 2.62. The highest BCUT2D eigenvalue weighted by molar-refractivity contribution is 5.21. The highest BCUT2D eigenvalue weighted by Gasteiger charge is 2.24. The van der Waals surface area contributed by atoms with Gasteiger partial charge in [-0.15, -0.1) is 0 Å². The Bertz CT molecular complexity index is 336. The van der Waals surface area contributed by atoms with Crippen molar-refractivity contribution in [2.75, 3.05) is 26.2 Å². The smallest absolute Gasteiger partial charge is 0.0192 e. The van der Waals surface area contributed by atoms with Crippen molar-refractivity contribution in [3.05, 3.63) is 35.9 Å². The third kappa shape index (κ3) is 3.56. The number of nitrogens with zero attached hydrogens (tertiary/aromatic N) is 1. The van der Waals surface area contributed by atoms with Crippen LogP contribution in [0.4, 0.5) is 0 Å². The van der Waals surface area contributed by atoms with Gasteiger partial charge in [-0.2, -0.15) is 0 Å². The topological polar surface area (TPSA) is 15.3 Å². The molecule has 2 rings (SSSR count). The van der Waals surface area contributed by atoms with Crippen molar-refractivity contribution in [1.29, 1.82) is 0 Å². The molecule has 0 amide bonds. The molecule has 2 heteroatoms. The molecule has 0 aliphatic carbocycles. The zero-order valence-electron chi connectivity index (χ0n) is 11.7. The van der Waals surface area contributed by atoms with E-state index in [-0.39, 0.29) is 0 Å². The second kappa shape index (κ2) is 6.91. The van der Waals surface area contributed by atoms with Crippen molar-refractivity contribution in [2.45, 2.75) is 38.6 Å². The van der Waals surface area contributed by atoms with E-state index in [0.717, 1.165) is 12.5 Å². The molecule has 18 heavy (non-hydrogen) atoms. The van der Waals surface area contributed by atoms with Gasteiger partial charge >= 0.3 is 0 Å². The second-order valence-electron chi connectivity index (χ2n) is 5.32. The van der Waals surface area contributed by atoms with Gasteiger partial charge in [-0.1, -0.05) is 44.2 Å². The molecule has 1 aromatic rings. The molecule has 1 saturated heterocycles. The highest BCUT2D eigenvalue weighted by Crippen LogP contribution is 2.26. The number of nitrogens with one attached hydrogen (secondary N) is 1. The summed E-state index contributed by atoms with van der Waals surface area (Å²) in [6, 6.07) is 11.6. The zero-order valence-corrected chi connectivity index (χ0v) is 11.7. The Labute approximate surface area is 111 Å². The molecule has 2 nitrogen and oxygen atoms in total. The minimum absolute atomic E-state index is 0.657. The molecule has 2 unspecified atom stereocenters. The largest absolute Gasteiger partial charge is 0.313 e. The Morgan fingerprint density at radius 2 is 2.06 bits per heavy atom. The van der Waals surface area contributed by atoms with Crippen LogP contribution in [0.25, 0.3) is 0 Å². The van der Waals surface area contributed by atoms with Crippen LogP contribution >= 0.6 is 0 Å². The molecule has 1 aromatic carbocycles. The van der Waals surface area contributed by atoms with E-state index in [2.05, 4.69) is 54.4 Å². The van der Waals surface area contributed by atoms with Crippen LogP contribution in [-0.4, -0.2) is 37.1 Å². The van der Waals surface area contributed by atoms with Crippen molar-refractivity contribution in [3.63, 3.8) is 0 Å². The first-order chi connectivity index (χ1) is 8.83. The summed E-state index contributed by atoms with van der Waals surface area (Å²) in [5.41, 5.74) is 1.51. The van der Waals surface area contributed by atoms with Crippen molar-refractivity contribution < 1.29 is 0 Å². The summed E-state index contributed by atoms with van der Waals surface area (Å²) in [6.45, 7) is 9.23. The highest BCUT2D eigenvalue weighted by atomic mass is 15.2. The lowest BCUT2D eigenvalue weighted by Crippen LogP contribution is -2.39. The maximum absolute atomic E-state index is 3.57. The van der Waals surface area contributed by atoms with Crippen molar-refractivity contribution in [2.24, 2.45) is 0 Å². The van der Waals surface area contributed by atoms with Gasteiger partial charge in [0.2, 0.25) is 0 Å². The quantitative estimate of drug-likeness (QED) is 0.830. The lowest BCUT2D eigenvalue weighted by atomic mass is 9.99. The maximum Gasteiger partial charge on any atom is 0.0192 e. The fourth-order valence-corrected chi connectivity index (χ4v) is 2.93. The van der Waals surface area contributed by atoms with Crippen LogP contribution in [-0.2, 0) is 0 Å². The van der Waals surface area contributed by atoms with Crippen molar-refractivity contribution in [3.8, 4) is 0 Å². The van der Waals surface area contributed by atoms with E-state index in [1.165, 1.54) is 38.0 Å². The van der Waals surface area contributed by atoms with Gasteiger partial charge in [-0.25, -0.2) is 0 Å². The van der Waals surface area contributed by atoms with Crippen LogP contribution in [0, 0.1) is 0 Å². The molecule has 0 saturated carbocycles. The summed E-state index contributed by atoms with van der Waals surface area (Å²) < 4.78 is 0. The molecule has 100 valence electrons. The van der Waals surface area contributed by atoms with E-state index < -0.39 is 0 Å². The van der Waals surface area contributed by atoms with Crippen LogP contribution < -0.4 is 5.32 Å². The summed E-state index contributed by atoms with van der Waals surface area (Å²) >= 11 is 0. The molecule has 2 atom stereocenters. The molecule has 1 fully saturated rings. The van der Waals surface area contributed by atoms with Gasteiger partial charge in [0.1, 0.15) is 0 Å². The van der Waals surface area contributed by atoms with Gasteiger partial charge in [-0.3, -0.25) is 0 Å². The van der Waals surface area contributed by atoms with E-state index in [1.54, 1.807) is 0 Å². The molecule has 0 radical (unpaired) electrons. The third-order valence-corrected chi connectivity index (χ3v) is 4.01. The molecule has 0 bridgehead atoms. The average Bonchev–Trinajstić information content (AvgIpc) is 2.88. The fourth-order valence-electron chi connectivity index (χ4n) is 2.93. The first-order valence-corrected chi connectivity index (χ1v) is 7.34. The van der Waals surface area contributed by atoms with E-state index in [4.69, 9.17) is 0 Å². The second-order valence-corrected chi connectivity index (χ2v) is 5.32. The molecule has 1 heterocycles. The number of likely N-dealkylation sites (N-methyl/N-ethyl adjacent to an activating group) is 1. The summed E-state index contributed by atoms with van der Waals surface area (Å²) in [5, 5.41) is 3.57. The van der Waals surface area contributed by atoms with Crippen LogP contribution in [0.15, 0.2) is 30.3 Å². The Hall–Kier alpha value is -0.860. The van der Waals surface area contributed by atoms with Gasteiger partial charge in [0.25, 0.3) is 0 Å². The summed E-state index contributed by atoms with van der Waals surface area (Å²) in [6.07, 6.45) is 2.53. The van der Waals surface area contributed by atoms with Gasteiger partial charge in [-0.05, 0) is 37.4 Å². The average molecular weight is 246 g/mol. The van der Waals surface area contributed by atoms with Crippen LogP contribution in [0.3, 0.4) is 0 Å². The number of hydrogen-bond acceptors (Lipinski definition) is 2. The van der Waals surface area contributed by atoms with Crippen LogP contribution in [0.2, 0.25) is 0 Å². The van der Waals surface area contributed by atoms with E-state index >= 15 is 0 Å². The van der Waals surface area contributed by atoms with Gasteiger partial charge in [0.15, 0.2) is 0 Å². The van der Waals surface area contributed by atoms with E-state index in [0.29, 0.717) is 6.04 Å². The predicted molar refractivity (Wildman–Crippen MR) is 78.0 cm³/mol. The zero-order chi connectivity index (χ0) is 12.8. The van der Waals surface area contributed by atoms with E-state index in [9.17, 15) is 0 Å².